The first-order valence-electron chi connectivity index (χ1n) is 10.5. The summed E-state index contributed by atoms with van der Waals surface area (Å²) in [5.41, 5.74) is 1.11. The lowest BCUT2D eigenvalue weighted by atomic mass is 10.2. The highest BCUT2D eigenvalue weighted by Gasteiger charge is 2.08. The van der Waals surface area contributed by atoms with Crippen molar-refractivity contribution in [2.24, 2.45) is 4.99 Å². The second-order valence-electron chi connectivity index (χ2n) is 7.20. The third-order valence-corrected chi connectivity index (χ3v) is 4.96. The standard InChI is InChI=1S/C21H33N7/c1-2-22-21(24-10-7-15-27-13-5-3-4-6-14-27)25-18-19-9-12-23-20(17-19)28-16-8-11-26-28/h8-9,11-12,16-17H,2-7,10,13-15,18H2,1H3,(H2,22,24,25). The summed E-state index contributed by atoms with van der Waals surface area (Å²) in [4.78, 5) is 11.7. The SMILES string of the molecule is CCNC(=NCc1ccnc(-n2cccn2)c1)NCCCN1CCCCCC1. The van der Waals surface area contributed by atoms with E-state index in [1.165, 1.54) is 45.3 Å². The number of hydrogen-bond acceptors (Lipinski definition) is 4. The first-order chi connectivity index (χ1) is 13.8. The van der Waals surface area contributed by atoms with Gasteiger partial charge in [-0.25, -0.2) is 14.7 Å². The molecule has 0 atom stereocenters. The molecule has 0 spiro atoms. The molecular formula is C21H33N7. The van der Waals surface area contributed by atoms with E-state index in [4.69, 9.17) is 4.99 Å². The van der Waals surface area contributed by atoms with E-state index in [-0.39, 0.29) is 0 Å². The van der Waals surface area contributed by atoms with Gasteiger partial charge < -0.3 is 15.5 Å². The van der Waals surface area contributed by atoms with Crippen molar-refractivity contribution >= 4 is 5.96 Å². The minimum atomic E-state index is 0.609. The zero-order valence-electron chi connectivity index (χ0n) is 17.0. The van der Waals surface area contributed by atoms with E-state index < -0.39 is 0 Å². The smallest absolute Gasteiger partial charge is 0.191 e. The van der Waals surface area contributed by atoms with Crippen LogP contribution in [0.4, 0.5) is 0 Å². The Balaban J connectivity index is 1.47. The first-order valence-corrected chi connectivity index (χ1v) is 10.5. The number of aromatic nitrogens is 3. The second-order valence-corrected chi connectivity index (χ2v) is 7.20. The van der Waals surface area contributed by atoms with E-state index in [1.807, 2.05) is 30.6 Å². The summed E-state index contributed by atoms with van der Waals surface area (Å²) >= 11 is 0. The Bertz CT molecular complexity index is 703. The molecule has 7 nitrogen and oxygen atoms in total. The van der Waals surface area contributed by atoms with Crippen LogP contribution in [-0.4, -0.2) is 58.3 Å². The zero-order valence-corrected chi connectivity index (χ0v) is 17.0. The Kier molecular flexibility index (Phi) is 8.30. The molecule has 1 saturated heterocycles. The van der Waals surface area contributed by atoms with Crippen LogP contribution in [0.3, 0.4) is 0 Å². The van der Waals surface area contributed by atoms with E-state index in [9.17, 15) is 0 Å². The normalized spacial score (nSPS) is 16.0. The zero-order chi connectivity index (χ0) is 19.4. The second kappa shape index (κ2) is 11.4. The van der Waals surface area contributed by atoms with Crippen LogP contribution < -0.4 is 10.6 Å². The van der Waals surface area contributed by atoms with Gasteiger partial charge in [-0.1, -0.05) is 12.8 Å². The lowest BCUT2D eigenvalue weighted by Gasteiger charge is -2.20. The van der Waals surface area contributed by atoms with Crippen molar-refractivity contribution in [3.05, 3.63) is 42.4 Å². The van der Waals surface area contributed by atoms with Crippen LogP contribution in [0, 0.1) is 0 Å². The number of aliphatic imine (C=N–C) groups is 1. The number of nitrogens with one attached hydrogen (secondary N) is 2. The summed E-state index contributed by atoms with van der Waals surface area (Å²) in [6.07, 6.45) is 12.1. The number of pyridine rings is 1. The van der Waals surface area contributed by atoms with Gasteiger partial charge in [-0.3, -0.25) is 0 Å². The molecule has 28 heavy (non-hydrogen) atoms. The minimum absolute atomic E-state index is 0.609. The number of hydrogen-bond donors (Lipinski definition) is 2. The van der Waals surface area contributed by atoms with Crippen LogP contribution >= 0.6 is 0 Å². The summed E-state index contributed by atoms with van der Waals surface area (Å²) in [6.45, 7) is 8.19. The number of guanidine groups is 1. The van der Waals surface area contributed by atoms with Gasteiger partial charge in [0.1, 0.15) is 0 Å². The van der Waals surface area contributed by atoms with Gasteiger partial charge in [-0.15, -0.1) is 0 Å². The largest absolute Gasteiger partial charge is 0.357 e. The lowest BCUT2D eigenvalue weighted by Crippen LogP contribution is -2.39. The molecule has 1 aliphatic rings. The van der Waals surface area contributed by atoms with Gasteiger partial charge in [0.05, 0.1) is 6.54 Å². The van der Waals surface area contributed by atoms with E-state index >= 15 is 0 Å². The molecule has 0 saturated carbocycles. The van der Waals surface area contributed by atoms with E-state index in [0.717, 1.165) is 36.9 Å². The summed E-state index contributed by atoms with van der Waals surface area (Å²) < 4.78 is 1.76. The highest BCUT2D eigenvalue weighted by Crippen LogP contribution is 2.09. The van der Waals surface area contributed by atoms with E-state index in [2.05, 4.69) is 32.5 Å². The fourth-order valence-corrected chi connectivity index (χ4v) is 3.47. The average Bonchev–Trinajstić information content (AvgIpc) is 3.14. The molecule has 0 aliphatic carbocycles. The van der Waals surface area contributed by atoms with E-state index in [0.29, 0.717) is 6.54 Å². The monoisotopic (exact) mass is 383 g/mol. The van der Waals surface area contributed by atoms with Crippen molar-refractivity contribution in [3.63, 3.8) is 0 Å². The Morgan fingerprint density at radius 1 is 1.14 bits per heavy atom. The van der Waals surface area contributed by atoms with Crippen LogP contribution in [0.15, 0.2) is 41.8 Å². The molecular weight excluding hydrogens is 350 g/mol. The molecule has 0 amide bonds. The molecule has 0 aromatic carbocycles. The Labute approximate surface area is 168 Å². The van der Waals surface area contributed by atoms with Crippen LogP contribution in [0.25, 0.3) is 5.82 Å². The number of rotatable bonds is 8. The van der Waals surface area contributed by atoms with Crippen molar-refractivity contribution in [2.75, 3.05) is 32.7 Å². The van der Waals surface area contributed by atoms with Crippen LogP contribution in [-0.2, 0) is 6.54 Å². The molecule has 152 valence electrons. The predicted octanol–water partition coefficient (Wildman–Crippen LogP) is 2.59. The molecule has 1 aliphatic heterocycles. The molecule has 2 aromatic heterocycles. The fourth-order valence-electron chi connectivity index (χ4n) is 3.47. The Morgan fingerprint density at radius 2 is 2.00 bits per heavy atom. The summed E-state index contributed by atoms with van der Waals surface area (Å²) in [7, 11) is 0. The van der Waals surface area contributed by atoms with Crippen molar-refractivity contribution in [2.45, 2.75) is 45.6 Å². The molecule has 3 rings (SSSR count). The van der Waals surface area contributed by atoms with Crippen LogP contribution in [0.1, 0.15) is 44.6 Å². The third-order valence-electron chi connectivity index (χ3n) is 4.96. The maximum Gasteiger partial charge on any atom is 0.191 e. The third kappa shape index (κ3) is 6.64. The molecule has 0 unspecified atom stereocenters. The minimum Gasteiger partial charge on any atom is -0.357 e. The molecule has 0 radical (unpaired) electrons. The van der Waals surface area contributed by atoms with Crippen molar-refractivity contribution < 1.29 is 0 Å². The van der Waals surface area contributed by atoms with Gasteiger partial charge in [-0.05, 0) is 69.6 Å². The average molecular weight is 384 g/mol. The first kappa shape index (κ1) is 20.3. The quantitative estimate of drug-likeness (QED) is 0.417. The van der Waals surface area contributed by atoms with Crippen molar-refractivity contribution in [1.82, 2.24) is 30.3 Å². The van der Waals surface area contributed by atoms with Gasteiger partial charge in [0, 0.05) is 31.7 Å². The maximum atomic E-state index is 4.73. The number of likely N-dealkylation sites (tertiary alicyclic amines) is 1. The molecule has 3 heterocycles. The van der Waals surface area contributed by atoms with Crippen molar-refractivity contribution in [1.29, 1.82) is 0 Å². The molecule has 0 bridgehead atoms. The summed E-state index contributed by atoms with van der Waals surface area (Å²) in [5, 5.41) is 11.0. The van der Waals surface area contributed by atoms with Gasteiger partial charge >= 0.3 is 0 Å². The van der Waals surface area contributed by atoms with Gasteiger partial charge in [0.25, 0.3) is 0 Å². The molecule has 7 heteroatoms. The molecule has 1 fully saturated rings. The molecule has 2 N–H and O–H groups in total. The highest BCUT2D eigenvalue weighted by molar-refractivity contribution is 5.79. The molecule has 2 aromatic rings. The summed E-state index contributed by atoms with van der Waals surface area (Å²) in [5.74, 6) is 1.68. The maximum absolute atomic E-state index is 4.73. The summed E-state index contributed by atoms with van der Waals surface area (Å²) in [6, 6.07) is 5.92. The topological polar surface area (TPSA) is 70.4 Å². The predicted molar refractivity (Wildman–Crippen MR) is 114 cm³/mol. The lowest BCUT2D eigenvalue weighted by molar-refractivity contribution is 0.282. The van der Waals surface area contributed by atoms with Gasteiger partial charge in [0.15, 0.2) is 11.8 Å². The fraction of sp³-hybridized carbons (Fsp3) is 0.571. The van der Waals surface area contributed by atoms with Crippen LogP contribution in [0.2, 0.25) is 0 Å². The Hall–Kier alpha value is -2.41. The number of nitrogens with zero attached hydrogens (tertiary/aromatic N) is 5. The van der Waals surface area contributed by atoms with E-state index in [1.54, 1.807) is 10.9 Å². The van der Waals surface area contributed by atoms with Gasteiger partial charge in [0.2, 0.25) is 0 Å². The van der Waals surface area contributed by atoms with Crippen LogP contribution in [0.5, 0.6) is 0 Å². The highest BCUT2D eigenvalue weighted by atomic mass is 15.3. The Morgan fingerprint density at radius 3 is 2.75 bits per heavy atom. The van der Waals surface area contributed by atoms with Crippen molar-refractivity contribution in [3.8, 4) is 5.82 Å². The van der Waals surface area contributed by atoms with Gasteiger partial charge in [-0.2, -0.15) is 5.10 Å².